The summed E-state index contributed by atoms with van der Waals surface area (Å²) in [6.45, 7) is 1.11. The molecule has 2 heterocycles. The maximum absolute atomic E-state index is 11.2. The molecule has 0 aliphatic carbocycles. The van der Waals surface area contributed by atoms with Crippen molar-refractivity contribution < 1.29 is 19.9 Å². The van der Waals surface area contributed by atoms with Gasteiger partial charge < -0.3 is 15.1 Å². The normalized spacial score (nSPS) is 18.6. The third-order valence-electron chi connectivity index (χ3n) is 3.14. The number of nitrogens with zero attached hydrogens (tertiary/aromatic N) is 3. The summed E-state index contributed by atoms with van der Waals surface area (Å²) in [6.07, 6.45) is 1.79. The molecule has 0 spiro atoms. The number of carbonyl (C=O) groups is 1. The molecular formula is C11H13N3O5. The van der Waals surface area contributed by atoms with Gasteiger partial charge in [0.1, 0.15) is 17.6 Å². The summed E-state index contributed by atoms with van der Waals surface area (Å²) in [5.74, 6) is -0.952. The van der Waals surface area contributed by atoms with Crippen LogP contribution in [0.25, 0.3) is 0 Å². The number of aliphatic hydroxyl groups is 1. The summed E-state index contributed by atoms with van der Waals surface area (Å²) < 4.78 is 0. The van der Waals surface area contributed by atoms with E-state index in [-0.39, 0.29) is 29.6 Å². The Balaban J connectivity index is 2.35. The lowest BCUT2D eigenvalue weighted by Crippen LogP contribution is -2.24. The van der Waals surface area contributed by atoms with Crippen LogP contribution in [0.4, 0.5) is 11.5 Å². The van der Waals surface area contributed by atoms with E-state index < -0.39 is 10.9 Å². The molecule has 1 unspecified atom stereocenters. The predicted molar refractivity (Wildman–Crippen MR) is 65.3 cm³/mol. The Hall–Kier alpha value is -2.22. The van der Waals surface area contributed by atoms with Gasteiger partial charge in [0.15, 0.2) is 0 Å². The lowest BCUT2D eigenvalue weighted by atomic mass is 10.1. The Morgan fingerprint density at radius 1 is 1.63 bits per heavy atom. The molecule has 19 heavy (non-hydrogen) atoms. The fraction of sp³-hybridized carbons (Fsp3) is 0.455. The second-order valence-electron chi connectivity index (χ2n) is 4.41. The first kappa shape index (κ1) is 13.2. The minimum Gasteiger partial charge on any atom is -0.478 e. The number of rotatable bonds is 4. The molecule has 0 aromatic carbocycles. The van der Waals surface area contributed by atoms with Crippen molar-refractivity contribution in [3.05, 3.63) is 27.9 Å². The number of carboxylic acid groups (broad SMARTS) is 1. The van der Waals surface area contributed by atoms with Gasteiger partial charge in [0.2, 0.25) is 0 Å². The molecule has 1 aliphatic rings. The Morgan fingerprint density at radius 3 is 2.89 bits per heavy atom. The molecule has 1 aromatic rings. The second kappa shape index (κ2) is 5.19. The molecule has 102 valence electrons. The van der Waals surface area contributed by atoms with E-state index in [0.29, 0.717) is 13.1 Å². The number of aliphatic hydroxyl groups excluding tert-OH is 1. The smallest absolute Gasteiger partial charge is 0.339 e. The van der Waals surface area contributed by atoms with Crippen molar-refractivity contribution in [2.24, 2.45) is 5.92 Å². The molecule has 8 nitrogen and oxygen atoms in total. The maximum atomic E-state index is 11.2. The zero-order valence-electron chi connectivity index (χ0n) is 10.0. The Labute approximate surface area is 108 Å². The molecule has 1 atom stereocenters. The fourth-order valence-corrected chi connectivity index (χ4v) is 2.13. The zero-order valence-corrected chi connectivity index (χ0v) is 10.0. The van der Waals surface area contributed by atoms with Crippen LogP contribution >= 0.6 is 0 Å². The van der Waals surface area contributed by atoms with Gasteiger partial charge in [0, 0.05) is 31.7 Å². The van der Waals surface area contributed by atoms with Crippen molar-refractivity contribution in [1.82, 2.24) is 4.98 Å². The molecule has 0 amide bonds. The second-order valence-corrected chi connectivity index (χ2v) is 4.41. The number of hydrogen-bond donors (Lipinski definition) is 2. The summed E-state index contributed by atoms with van der Waals surface area (Å²) in [5.41, 5.74) is -0.535. The van der Waals surface area contributed by atoms with Gasteiger partial charge in [-0.2, -0.15) is 0 Å². The highest BCUT2D eigenvalue weighted by Crippen LogP contribution is 2.27. The minimum atomic E-state index is -1.25. The van der Waals surface area contributed by atoms with E-state index in [1.54, 1.807) is 4.90 Å². The highest BCUT2D eigenvalue weighted by Gasteiger charge is 2.27. The molecule has 1 aliphatic heterocycles. The first-order valence-corrected chi connectivity index (χ1v) is 5.76. The predicted octanol–water partition coefficient (Wildman–Crippen LogP) is 0.507. The number of carboxylic acids is 1. The van der Waals surface area contributed by atoms with E-state index >= 15 is 0 Å². The van der Waals surface area contributed by atoms with Crippen molar-refractivity contribution >= 4 is 17.5 Å². The van der Waals surface area contributed by atoms with Gasteiger partial charge in [-0.25, -0.2) is 9.78 Å². The van der Waals surface area contributed by atoms with Crippen LogP contribution in [-0.2, 0) is 0 Å². The molecule has 1 fully saturated rings. The molecule has 0 radical (unpaired) electrons. The summed E-state index contributed by atoms with van der Waals surface area (Å²) in [6, 6.07) is 1.01. The average molecular weight is 267 g/mol. The summed E-state index contributed by atoms with van der Waals surface area (Å²) in [4.78, 5) is 26.7. The summed E-state index contributed by atoms with van der Waals surface area (Å²) in [5, 5.41) is 28.8. The van der Waals surface area contributed by atoms with Crippen molar-refractivity contribution in [2.45, 2.75) is 6.42 Å². The topological polar surface area (TPSA) is 117 Å². The molecule has 1 saturated heterocycles. The van der Waals surface area contributed by atoms with Crippen molar-refractivity contribution in [2.75, 3.05) is 24.6 Å². The van der Waals surface area contributed by atoms with Crippen LogP contribution in [0.5, 0.6) is 0 Å². The van der Waals surface area contributed by atoms with Crippen LogP contribution in [0.2, 0.25) is 0 Å². The number of hydrogen-bond acceptors (Lipinski definition) is 6. The van der Waals surface area contributed by atoms with Crippen LogP contribution in [-0.4, -0.2) is 45.8 Å². The highest BCUT2D eigenvalue weighted by molar-refractivity contribution is 5.94. The average Bonchev–Trinajstić information content (AvgIpc) is 2.86. The van der Waals surface area contributed by atoms with Crippen molar-refractivity contribution in [3.63, 3.8) is 0 Å². The quantitative estimate of drug-likeness (QED) is 0.602. The van der Waals surface area contributed by atoms with E-state index in [0.717, 1.165) is 18.7 Å². The number of aromatic nitrogens is 1. The van der Waals surface area contributed by atoms with Gasteiger partial charge >= 0.3 is 5.97 Å². The standard InChI is InChI=1S/C11H13N3O5/c15-6-7-1-2-13(5-7)10-9(11(16)17)3-8(4-12-10)14(18)19/h3-4,7,15H,1-2,5-6H2,(H,16,17). The lowest BCUT2D eigenvalue weighted by Gasteiger charge is -2.18. The maximum Gasteiger partial charge on any atom is 0.339 e. The number of anilines is 1. The Morgan fingerprint density at radius 2 is 2.37 bits per heavy atom. The third-order valence-corrected chi connectivity index (χ3v) is 3.14. The van der Waals surface area contributed by atoms with Crippen molar-refractivity contribution in [3.8, 4) is 0 Å². The first-order chi connectivity index (χ1) is 9.02. The lowest BCUT2D eigenvalue weighted by molar-refractivity contribution is -0.385. The minimum absolute atomic E-state index is 0.0336. The van der Waals surface area contributed by atoms with Gasteiger partial charge in [-0.1, -0.05) is 0 Å². The molecule has 0 bridgehead atoms. The van der Waals surface area contributed by atoms with Crippen LogP contribution in [0, 0.1) is 16.0 Å². The summed E-state index contributed by atoms with van der Waals surface area (Å²) in [7, 11) is 0. The zero-order chi connectivity index (χ0) is 14.0. The largest absolute Gasteiger partial charge is 0.478 e. The molecule has 2 rings (SSSR count). The number of aromatic carboxylic acids is 1. The van der Waals surface area contributed by atoms with Crippen LogP contribution in [0.3, 0.4) is 0 Å². The van der Waals surface area contributed by atoms with Gasteiger partial charge in [0.05, 0.1) is 4.92 Å². The SMILES string of the molecule is O=C(O)c1cc([N+](=O)[O-])cnc1N1CCC(CO)C1. The van der Waals surface area contributed by atoms with E-state index in [2.05, 4.69) is 4.98 Å². The monoisotopic (exact) mass is 267 g/mol. The van der Waals surface area contributed by atoms with Gasteiger partial charge in [0.25, 0.3) is 5.69 Å². The van der Waals surface area contributed by atoms with Crippen molar-refractivity contribution in [1.29, 1.82) is 0 Å². The van der Waals surface area contributed by atoms with Gasteiger partial charge in [-0.3, -0.25) is 10.1 Å². The summed E-state index contributed by atoms with van der Waals surface area (Å²) >= 11 is 0. The molecular weight excluding hydrogens is 254 g/mol. The Kier molecular flexibility index (Phi) is 3.61. The van der Waals surface area contributed by atoms with E-state index in [1.807, 2.05) is 0 Å². The van der Waals surface area contributed by atoms with Crippen LogP contribution in [0.15, 0.2) is 12.3 Å². The van der Waals surface area contributed by atoms with Crippen LogP contribution < -0.4 is 4.90 Å². The first-order valence-electron chi connectivity index (χ1n) is 5.76. The van der Waals surface area contributed by atoms with Gasteiger partial charge in [-0.15, -0.1) is 0 Å². The van der Waals surface area contributed by atoms with Crippen LogP contribution in [0.1, 0.15) is 16.8 Å². The van der Waals surface area contributed by atoms with E-state index in [1.165, 1.54) is 0 Å². The molecule has 2 N–H and O–H groups in total. The number of nitro groups is 1. The molecule has 8 heteroatoms. The third kappa shape index (κ3) is 2.63. The highest BCUT2D eigenvalue weighted by atomic mass is 16.6. The van der Waals surface area contributed by atoms with E-state index in [4.69, 9.17) is 10.2 Å². The molecule has 0 saturated carbocycles. The Bertz CT molecular complexity index is 519. The fourth-order valence-electron chi connectivity index (χ4n) is 2.13. The number of pyridine rings is 1. The van der Waals surface area contributed by atoms with E-state index in [9.17, 15) is 14.9 Å². The molecule has 1 aromatic heterocycles. The van der Waals surface area contributed by atoms with Gasteiger partial charge in [-0.05, 0) is 6.42 Å².